The highest BCUT2D eigenvalue weighted by Crippen LogP contribution is 2.07. The maximum atomic E-state index is 9.82. The summed E-state index contributed by atoms with van der Waals surface area (Å²) in [5, 5.41) is 0. The molecule has 0 saturated carbocycles. The minimum atomic E-state index is -0.211. The first-order chi connectivity index (χ1) is 5.33. The van der Waals surface area contributed by atoms with Crippen LogP contribution >= 0.6 is 0 Å². The second-order valence-corrected chi connectivity index (χ2v) is 3.69. The molecule has 0 spiro atoms. The molecule has 0 aliphatic carbocycles. The van der Waals surface area contributed by atoms with Crippen LogP contribution in [0.25, 0.3) is 0 Å². The zero-order chi connectivity index (χ0) is 10.2. The van der Waals surface area contributed by atoms with Gasteiger partial charge < -0.3 is 10.5 Å². The van der Waals surface area contributed by atoms with Crippen molar-refractivity contribution in [3.05, 3.63) is 0 Å². The number of rotatable bonds is 1. The van der Waals surface area contributed by atoms with Gasteiger partial charge in [0.15, 0.2) is 0 Å². The van der Waals surface area contributed by atoms with E-state index in [-0.39, 0.29) is 5.97 Å². The Bertz CT molecular complexity index is 116. The number of nitrogens with two attached hydrogens (primary N) is 1. The minimum Gasteiger partial charge on any atom is -0.466 e. The molecule has 0 radical (unpaired) electrons. The Balaban J connectivity index is 0. The lowest BCUT2D eigenvalue weighted by atomic mass is 9.98. The third kappa shape index (κ3) is 22.7. The van der Waals surface area contributed by atoms with Crippen molar-refractivity contribution in [2.45, 2.75) is 34.6 Å². The van der Waals surface area contributed by atoms with Gasteiger partial charge in [-0.1, -0.05) is 20.8 Å². The number of hydrogen-bond acceptors (Lipinski definition) is 3. The van der Waals surface area contributed by atoms with E-state index in [0.717, 1.165) is 6.54 Å². The van der Waals surface area contributed by atoms with Crippen LogP contribution in [0.5, 0.6) is 0 Å². The van der Waals surface area contributed by atoms with Crippen LogP contribution in [-0.2, 0) is 9.53 Å². The number of carbonyl (C=O) groups is 1. The lowest BCUT2D eigenvalue weighted by Gasteiger charge is -2.12. The summed E-state index contributed by atoms with van der Waals surface area (Å²) in [6, 6.07) is 0. The molecule has 3 nitrogen and oxygen atoms in total. The van der Waals surface area contributed by atoms with Crippen molar-refractivity contribution in [2.24, 2.45) is 11.1 Å². The number of esters is 1. The van der Waals surface area contributed by atoms with Crippen LogP contribution in [-0.4, -0.2) is 19.1 Å². The summed E-state index contributed by atoms with van der Waals surface area (Å²) in [7, 11) is 0. The zero-order valence-corrected chi connectivity index (χ0v) is 8.81. The zero-order valence-electron chi connectivity index (χ0n) is 8.81. The molecule has 0 fully saturated rings. The van der Waals surface area contributed by atoms with E-state index in [0.29, 0.717) is 12.0 Å². The summed E-state index contributed by atoms with van der Waals surface area (Å²) in [6.07, 6.45) is 0. The maximum Gasteiger partial charge on any atom is 0.302 e. The topological polar surface area (TPSA) is 52.3 Å². The number of ether oxygens (including phenoxy) is 1. The monoisotopic (exact) mass is 175 g/mol. The van der Waals surface area contributed by atoms with Gasteiger partial charge in [-0.2, -0.15) is 0 Å². The van der Waals surface area contributed by atoms with Gasteiger partial charge in [0.1, 0.15) is 0 Å². The Morgan fingerprint density at radius 3 is 1.75 bits per heavy atom. The van der Waals surface area contributed by atoms with Crippen molar-refractivity contribution >= 4 is 5.97 Å². The summed E-state index contributed by atoms with van der Waals surface area (Å²) in [6.45, 7) is 10.8. The van der Waals surface area contributed by atoms with Gasteiger partial charge in [0.2, 0.25) is 0 Å². The summed E-state index contributed by atoms with van der Waals surface area (Å²) in [5.41, 5.74) is 5.62. The molecule has 0 aromatic carbocycles. The quantitative estimate of drug-likeness (QED) is 0.615. The second kappa shape index (κ2) is 7.10. The molecule has 0 unspecified atom stereocenters. The van der Waals surface area contributed by atoms with E-state index in [9.17, 15) is 4.79 Å². The standard InChI is InChI=1S/C5H13N.C4H8O2/c1-5(2,3)4-6;1-3-6-4(2)5/h4,6H2,1-3H3;3H2,1-2H3. The molecular weight excluding hydrogens is 154 g/mol. The SMILES string of the molecule is CC(C)(C)CN.CCOC(C)=O. The molecule has 74 valence electrons. The first kappa shape index (κ1) is 14.0. The minimum absolute atomic E-state index is 0.211. The number of hydrogen-bond donors (Lipinski definition) is 1. The van der Waals surface area contributed by atoms with Crippen LogP contribution in [0.15, 0.2) is 0 Å². The molecule has 0 aromatic rings. The summed E-state index contributed by atoms with van der Waals surface area (Å²) in [4.78, 5) is 9.82. The largest absolute Gasteiger partial charge is 0.466 e. The molecule has 0 amide bonds. The van der Waals surface area contributed by atoms with Crippen LogP contribution in [0.1, 0.15) is 34.6 Å². The molecule has 0 aromatic heterocycles. The predicted octanol–water partition coefficient (Wildman–Crippen LogP) is 1.56. The van der Waals surface area contributed by atoms with Crippen LogP contribution in [0, 0.1) is 5.41 Å². The Kier molecular flexibility index (Phi) is 8.27. The average Bonchev–Trinajstić information content (AvgIpc) is 1.87. The van der Waals surface area contributed by atoms with Crippen LogP contribution in [0.3, 0.4) is 0 Å². The molecule has 2 N–H and O–H groups in total. The van der Waals surface area contributed by atoms with Gasteiger partial charge in [-0.05, 0) is 18.9 Å². The van der Waals surface area contributed by atoms with Gasteiger partial charge in [0, 0.05) is 6.92 Å². The molecular formula is C9H21NO2. The molecule has 0 aliphatic heterocycles. The lowest BCUT2D eigenvalue weighted by Crippen LogP contribution is -2.18. The summed E-state index contributed by atoms with van der Waals surface area (Å²) in [5.74, 6) is -0.211. The molecule has 0 rings (SSSR count). The van der Waals surface area contributed by atoms with E-state index in [1.807, 2.05) is 0 Å². The maximum absolute atomic E-state index is 9.82. The highest BCUT2D eigenvalue weighted by atomic mass is 16.5. The van der Waals surface area contributed by atoms with Crippen molar-refractivity contribution in [1.82, 2.24) is 0 Å². The fraction of sp³-hybridized carbons (Fsp3) is 0.889. The Hall–Kier alpha value is -0.570. The van der Waals surface area contributed by atoms with E-state index in [1.54, 1.807) is 6.92 Å². The summed E-state index contributed by atoms with van der Waals surface area (Å²) < 4.78 is 4.40. The first-order valence-corrected chi connectivity index (χ1v) is 4.17. The van der Waals surface area contributed by atoms with Gasteiger partial charge >= 0.3 is 5.97 Å². The Morgan fingerprint density at radius 2 is 1.75 bits per heavy atom. The van der Waals surface area contributed by atoms with Crippen molar-refractivity contribution in [3.63, 3.8) is 0 Å². The van der Waals surface area contributed by atoms with E-state index in [2.05, 4.69) is 25.5 Å². The van der Waals surface area contributed by atoms with Crippen LogP contribution in [0.4, 0.5) is 0 Å². The average molecular weight is 175 g/mol. The fourth-order valence-corrected chi connectivity index (χ4v) is 0.203. The van der Waals surface area contributed by atoms with Crippen LogP contribution in [0.2, 0.25) is 0 Å². The third-order valence-electron chi connectivity index (χ3n) is 0.960. The second-order valence-electron chi connectivity index (χ2n) is 3.69. The van der Waals surface area contributed by atoms with Gasteiger partial charge in [0.25, 0.3) is 0 Å². The molecule has 0 aliphatic rings. The van der Waals surface area contributed by atoms with E-state index in [4.69, 9.17) is 5.73 Å². The van der Waals surface area contributed by atoms with E-state index >= 15 is 0 Å². The molecule has 0 heterocycles. The lowest BCUT2D eigenvalue weighted by molar-refractivity contribution is -0.140. The molecule has 0 saturated heterocycles. The third-order valence-corrected chi connectivity index (χ3v) is 0.960. The molecule has 0 bridgehead atoms. The van der Waals surface area contributed by atoms with E-state index in [1.165, 1.54) is 6.92 Å². The molecule has 12 heavy (non-hydrogen) atoms. The van der Waals surface area contributed by atoms with Gasteiger partial charge in [0.05, 0.1) is 6.61 Å². The van der Waals surface area contributed by atoms with Crippen molar-refractivity contribution < 1.29 is 9.53 Å². The fourth-order valence-electron chi connectivity index (χ4n) is 0.203. The van der Waals surface area contributed by atoms with Gasteiger partial charge in [-0.25, -0.2) is 0 Å². The van der Waals surface area contributed by atoms with Crippen molar-refractivity contribution in [2.75, 3.05) is 13.2 Å². The molecule has 0 atom stereocenters. The normalized spacial score (nSPS) is 9.83. The summed E-state index contributed by atoms with van der Waals surface area (Å²) >= 11 is 0. The van der Waals surface area contributed by atoms with Gasteiger partial charge in [-0.3, -0.25) is 4.79 Å². The Labute approximate surface area is 75.3 Å². The highest BCUT2D eigenvalue weighted by Gasteiger charge is 2.03. The molecule has 3 heteroatoms. The number of carbonyl (C=O) groups excluding carboxylic acids is 1. The first-order valence-electron chi connectivity index (χ1n) is 4.17. The van der Waals surface area contributed by atoms with Crippen molar-refractivity contribution in [1.29, 1.82) is 0 Å². The van der Waals surface area contributed by atoms with E-state index < -0.39 is 0 Å². The Morgan fingerprint density at radius 1 is 1.42 bits per heavy atom. The predicted molar refractivity (Wildman–Crippen MR) is 50.8 cm³/mol. The van der Waals surface area contributed by atoms with Gasteiger partial charge in [-0.15, -0.1) is 0 Å². The smallest absolute Gasteiger partial charge is 0.302 e. The van der Waals surface area contributed by atoms with Crippen LogP contribution < -0.4 is 5.73 Å². The highest BCUT2D eigenvalue weighted by molar-refractivity contribution is 5.65. The van der Waals surface area contributed by atoms with Crippen molar-refractivity contribution in [3.8, 4) is 0 Å².